The molecule has 0 aromatic carbocycles. The van der Waals surface area contributed by atoms with Gasteiger partial charge in [0.05, 0.1) is 12.2 Å². The SMILES string of the molecule is Cl.O=C(NC[C@H]1[C@@H]2CNC[C@@H](C2)c2cccc(=O)n21)c1cn[nH]n1. The van der Waals surface area contributed by atoms with Crippen LogP contribution in [0.4, 0.5) is 0 Å². The highest BCUT2D eigenvalue weighted by molar-refractivity contribution is 5.91. The van der Waals surface area contributed by atoms with Gasteiger partial charge in [-0.25, -0.2) is 0 Å². The average molecular weight is 351 g/mol. The highest BCUT2D eigenvalue weighted by atomic mass is 35.5. The van der Waals surface area contributed by atoms with Crippen molar-refractivity contribution < 1.29 is 4.79 Å². The largest absolute Gasteiger partial charge is 0.348 e. The molecule has 1 saturated heterocycles. The van der Waals surface area contributed by atoms with Gasteiger partial charge >= 0.3 is 0 Å². The minimum absolute atomic E-state index is 0. The molecule has 0 aliphatic carbocycles. The van der Waals surface area contributed by atoms with Gasteiger partial charge in [-0.05, 0) is 18.4 Å². The second kappa shape index (κ2) is 6.74. The van der Waals surface area contributed by atoms with Crippen LogP contribution in [0.25, 0.3) is 0 Å². The minimum atomic E-state index is -0.282. The van der Waals surface area contributed by atoms with Crippen LogP contribution in [0.5, 0.6) is 0 Å². The maximum Gasteiger partial charge on any atom is 0.273 e. The van der Waals surface area contributed by atoms with Crippen LogP contribution in [-0.4, -0.2) is 45.5 Å². The van der Waals surface area contributed by atoms with E-state index < -0.39 is 0 Å². The van der Waals surface area contributed by atoms with Crippen molar-refractivity contribution in [1.82, 2.24) is 30.6 Å². The first-order valence-corrected chi connectivity index (χ1v) is 7.80. The van der Waals surface area contributed by atoms with E-state index in [1.165, 1.54) is 6.20 Å². The summed E-state index contributed by atoms with van der Waals surface area (Å²) in [6.07, 6.45) is 2.43. The molecule has 2 aromatic rings. The molecule has 0 saturated carbocycles. The predicted octanol–water partition coefficient (Wildman–Crippen LogP) is 0.0660. The molecule has 9 heteroatoms. The summed E-state index contributed by atoms with van der Waals surface area (Å²) in [5.74, 6) is 0.416. The van der Waals surface area contributed by atoms with Crippen molar-refractivity contribution in [2.45, 2.75) is 18.4 Å². The number of rotatable bonds is 3. The molecule has 0 unspecified atom stereocenters. The number of aromatic nitrogens is 4. The summed E-state index contributed by atoms with van der Waals surface area (Å²) >= 11 is 0. The lowest BCUT2D eigenvalue weighted by Crippen LogP contribution is -2.50. The van der Waals surface area contributed by atoms with E-state index in [0.29, 0.717) is 18.4 Å². The summed E-state index contributed by atoms with van der Waals surface area (Å²) in [5, 5.41) is 16.1. The van der Waals surface area contributed by atoms with Crippen LogP contribution in [-0.2, 0) is 0 Å². The zero-order valence-corrected chi connectivity index (χ0v) is 13.8. The zero-order valence-electron chi connectivity index (χ0n) is 12.9. The number of H-pyrrole nitrogens is 1. The topological polar surface area (TPSA) is 105 Å². The first kappa shape index (κ1) is 16.7. The molecule has 0 radical (unpaired) electrons. The predicted molar refractivity (Wildman–Crippen MR) is 89.4 cm³/mol. The van der Waals surface area contributed by atoms with Crippen molar-refractivity contribution in [1.29, 1.82) is 0 Å². The molecule has 3 atom stereocenters. The maximum absolute atomic E-state index is 12.4. The Morgan fingerprint density at radius 2 is 2.25 bits per heavy atom. The molecular weight excluding hydrogens is 332 g/mol. The molecule has 1 amide bonds. The van der Waals surface area contributed by atoms with E-state index in [1.807, 2.05) is 16.7 Å². The van der Waals surface area contributed by atoms with Gasteiger partial charge in [-0.3, -0.25) is 9.59 Å². The fourth-order valence-corrected chi connectivity index (χ4v) is 3.77. The molecule has 128 valence electrons. The average Bonchev–Trinajstić information content (AvgIpc) is 3.10. The van der Waals surface area contributed by atoms with Gasteiger partial charge in [0.15, 0.2) is 5.69 Å². The Kier molecular flexibility index (Phi) is 4.68. The van der Waals surface area contributed by atoms with Crippen LogP contribution in [0.2, 0.25) is 0 Å². The first-order chi connectivity index (χ1) is 11.2. The van der Waals surface area contributed by atoms with Crippen molar-refractivity contribution >= 4 is 18.3 Å². The summed E-state index contributed by atoms with van der Waals surface area (Å²) in [4.78, 5) is 24.5. The fraction of sp³-hybridized carbons (Fsp3) is 0.467. The number of hydrogen-bond donors (Lipinski definition) is 3. The van der Waals surface area contributed by atoms with Gasteiger partial charge in [-0.1, -0.05) is 6.07 Å². The highest BCUT2D eigenvalue weighted by Crippen LogP contribution is 2.37. The van der Waals surface area contributed by atoms with Crippen molar-refractivity contribution in [3.05, 3.63) is 46.1 Å². The summed E-state index contributed by atoms with van der Waals surface area (Å²) in [6, 6.07) is 5.37. The molecule has 2 aliphatic heterocycles. The van der Waals surface area contributed by atoms with Gasteiger partial charge in [-0.2, -0.15) is 15.4 Å². The van der Waals surface area contributed by atoms with Crippen LogP contribution in [0.15, 0.2) is 29.2 Å². The Labute approximate surface area is 144 Å². The Hall–Kier alpha value is -2.19. The zero-order chi connectivity index (χ0) is 15.8. The molecule has 8 nitrogen and oxygen atoms in total. The van der Waals surface area contributed by atoms with E-state index in [-0.39, 0.29) is 35.6 Å². The van der Waals surface area contributed by atoms with Gasteiger partial charge in [0.25, 0.3) is 11.5 Å². The van der Waals surface area contributed by atoms with Gasteiger partial charge in [0.1, 0.15) is 0 Å². The third-order valence-electron chi connectivity index (χ3n) is 4.82. The molecule has 24 heavy (non-hydrogen) atoms. The molecule has 3 N–H and O–H groups in total. The molecule has 2 aromatic heterocycles. The highest BCUT2D eigenvalue weighted by Gasteiger charge is 2.37. The van der Waals surface area contributed by atoms with E-state index in [9.17, 15) is 9.59 Å². The quantitative estimate of drug-likeness (QED) is 0.726. The van der Waals surface area contributed by atoms with Gasteiger partial charge in [0, 0.05) is 37.3 Å². The molecule has 2 bridgehead atoms. The standard InChI is InChI=1S/C15H18N6O2.ClH/c22-14-3-1-2-12-9-4-10(6-16-5-9)13(21(12)14)8-17-15(23)11-7-18-20-19-11;/h1-3,7,9-10,13,16H,4-6,8H2,(H,17,23)(H,18,19,20);1H/t9-,10+,13+;/m1./s1. The van der Waals surface area contributed by atoms with E-state index in [2.05, 4.69) is 26.0 Å². The fourth-order valence-electron chi connectivity index (χ4n) is 3.77. The molecular formula is C15H19ClN6O2. The Bertz CT molecular complexity index is 775. The Morgan fingerprint density at radius 3 is 3.04 bits per heavy atom. The number of aromatic amines is 1. The maximum atomic E-state index is 12.4. The third kappa shape index (κ3) is 2.83. The van der Waals surface area contributed by atoms with Crippen LogP contribution >= 0.6 is 12.4 Å². The Morgan fingerprint density at radius 1 is 1.38 bits per heavy atom. The van der Waals surface area contributed by atoms with Crippen molar-refractivity contribution in [2.24, 2.45) is 5.92 Å². The lowest BCUT2D eigenvalue weighted by Gasteiger charge is -2.43. The molecule has 0 spiro atoms. The molecule has 4 rings (SSSR count). The lowest BCUT2D eigenvalue weighted by atomic mass is 9.79. The van der Waals surface area contributed by atoms with E-state index in [1.54, 1.807) is 6.07 Å². The third-order valence-corrected chi connectivity index (χ3v) is 4.82. The van der Waals surface area contributed by atoms with Gasteiger partial charge in [0.2, 0.25) is 0 Å². The minimum Gasteiger partial charge on any atom is -0.348 e. The van der Waals surface area contributed by atoms with Crippen LogP contribution in [0, 0.1) is 5.92 Å². The summed E-state index contributed by atoms with van der Waals surface area (Å²) in [7, 11) is 0. The number of piperidine rings is 1. The van der Waals surface area contributed by atoms with Crippen LogP contribution < -0.4 is 16.2 Å². The summed E-state index contributed by atoms with van der Waals surface area (Å²) in [6.45, 7) is 2.17. The second-order valence-corrected chi connectivity index (χ2v) is 6.14. The van der Waals surface area contributed by atoms with Crippen molar-refractivity contribution in [2.75, 3.05) is 19.6 Å². The Balaban J connectivity index is 0.00000169. The first-order valence-electron chi connectivity index (χ1n) is 7.80. The number of carbonyl (C=O) groups excluding carboxylic acids is 1. The number of amides is 1. The monoisotopic (exact) mass is 350 g/mol. The number of pyridine rings is 1. The number of nitrogens with one attached hydrogen (secondary N) is 3. The number of hydrogen-bond acceptors (Lipinski definition) is 5. The van der Waals surface area contributed by atoms with E-state index >= 15 is 0 Å². The number of halogens is 1. The van der Waals surface area contributed by atoms with E-state index in [4.69, 9.17) is 0 Å². The van der Waals surface area contributed by atoms with Gasteiger partial charge in [-0.15, -0.1) is 12.4 Å². The van der Waals surface area contributed by atoms with Crippen molar-refractivity contribution in [3.63, 3.8) is 0 Å². The van der Waals surface area contributed by atoms with Crippen LogP contribution in [0.3, 0.4) is 0 Å². The summed E-state index contributed by atoms with van der Waals surface area (Å²) < 4.78 is 1.86. The van der Waals surface area contributed by atoms with E-state index in [0.717, 1.165) is 25.2 Å². The number of fused-ring (bicyclic) bond motifs is 4. The summed E-state index contributed by atoms with van der Waals surface area (Å²) in [5.41, 5.74) is 1.31. The lowest BCUT2D eigenvalue weighted by molar-refractivity contribution is 0.0927. The second-order valence-electron chi connectivity index (χ2n) is 6.14. The smallest absolute Gasteiger partial charge is 0.273 e. The molecule has 4 heterocycles. The van der Waals surface area contributed by atoms with Gasteiger partial charge < -0.3 is 15.2 Å². The van der Waals surface area contributed by atoms with Crippen molar-refractivity contribution in [3.8, 4) is 0 Å². The van der Waals surface area contributed by atoms with Crippen LogP contribution in [0.1, 0.15) is 34.6 Å². The normalized spacial score (nSPS) is 24.6. The molecule has 2 aliphatic rings. The number of nitrogens with zero attached hydrogens (tertiary/aromatic N) is 3. The molecule has 1 fully saturated rings. The number of carbonyl (C=O) groups is 1.